The van der Waals surface area contributed by atoms with Crippen LogP contribution in [0.3, 0.4) is 0 Å². The molecule has 1 amide bonds. The van der Waals surface area contributed by atoms with Crippen LogP contribution in [-0.4, -0.2) is 11.9 Å². The van der Waals surface area contributed by atoms with Crippen LogP contribution >= 0.6 is 0 Å². The second-order valence-corrected chi connectivity index (χ2v) is 3.99. The van der Waals surface area contributed by atoms with Crippen molar-refractivity contribution >= 4 is 5.91 Å². The summed E-state index contributed by atoms with van der Waals surface area (Å²) in [5.74, 6) is 3.35. The summed E-state index contributed by atoms with van der Waals surface area (Å²) in [5, 5.41) is 2.63. The molecule has 1 aromatic rings. The summed E-state index contributed by atoms with van der Waals surface area (Å²) in [7, 11) is 0. The molecule has 1 aromatic carbocycles. The van der Waals surface area contributed by atoms with Gasteiger partial charge in [-0.2, -0.15) is 0 Å². The average Bonchev–Trinajstić information content (AvgIpc) is 2.28. The van der Waals surface area contributed by atoms with Gasteiger partial charge in [-0.15, -0.1) is 0 Å². The van der Waals surface area contributed by atoms with E-state index in [9.17, 15) is 13.6 Å². The zero-order chi connectivity index (χ0) is 13.5. The molecule has 0 heterocycles. The zero-order valence-electron chi connectivity index (χ0n) is 10.4. The number of carbonyl (C=O) groups is 1. The van der Waals surface area contributed by atoms with Crippen LogP contribution in [0.4, 0.5) is 8.78 Å². The molecule has 1 atom stereocenters. The Hall–Kier alpha value is -1.89. The molecule has 0 aliphatic rings. The van der Waals surface area contributed by atoms with Crippen LogP contribution in [0, 0.1) is 23.5 Å². The quantitative estimate of drug-likeness (QED) is 0.818. The number of amides is 1. The molecular weight excluding hydrogens is 236 g/mol. The molecule has 96 valence electrons. The van der Waals surface area contributed by atoms with Gasteiger partial charge in [0, 0.05) is 11.6 Å². The van der Waals surface area contributed by atoms with Crippen molar-refractivity contribution in [3.8, 4) is 11.8 Å². The summed E-state index contributed by atoms with van der Waals surface area (Å²) >= 11 is 0. The fourth-order valence-corrected chi connectivity index (χ4v) is 1.58. The third kappa shape index (κ3) is 4.17. The number of benzene rings is 1. The van der Waals surface area contributed by atoms with Gasteiger partial charge >= 0.3 is 0 Å². The van der Waals surface area contributed by atoms with Crippen LogP contribution in [0.2, 0.25) is 0 Å². The first-order chi connectivity index (χ1) is 8.54. The Balaban J connectivity index is 2.54. The minimum Gasteiger partial charge on any atom is -0.343 e. The highest BCUT2D eigenvalue weighted by molar-refractivity contribution is 5.93. The standard InChI is InChI=1S/C14H15F2NO/c1-3-5-14(18)17-10(2)8-9-11-12(15)6-4-7-13(11)16/h4,6-7,10H,8-9H2,1-2H3,(H,17,18). The van der Waals surface area contributed by atoms with E-state index in [1.165, 1.54) is 18.2 Å². The summed E-state index contributed by atoms with van der Waals surface area (Å²) in [6, 6.07) is 3.60. The second-order valence-electron chi connectivity index (χ2n) is 3.99. The van der Waals surface area contributed by atoms with Gasteiger partial charge in [0.25, 0.3) is 5.91 Å². The molecule has 0 aliphatic heterocycles. The van der Waals surface area contributed by atoms with Gasteiger partial charge in [-0.25, -0.2) is 8.78 Å². The Bertz CT molecular complexity index is 468. The minimum absolute atomic E-state index is 0.0557. The van der Waals surface area contributed by atoms with E-state index in [0.29, 0.717) is 6.42 Å². The average molecular weight is 251 g/mol. The van der Waals surface area contributed by atoms with Crippen LogP contribution in [-0.2, 0) is 11.2 Å². The molecule has 0 saturated carbocycles. The number of carbonyl (C=O) groups excluding carboxylic acids is 1. The molecule has 18 heavy (non-hydrogen) atoms. The molecule has 0 bridgehead atoms. The SMILES string of the molecule is CC#CC(=O)NC(C)CCc1c(F)cccc1F. The highest BCUT2D eigenvalue weighted by atomic mass is 19.1. The van der Waals surface area contributed by atoms with Crippen LogP contribution in [0.25, 0.3) is 0 Å². The number of halogens is 2. The molecule has 2 nitrogen and oxygen atoms in total. The Kier molecular flexibility index (Phi) is 5.31. The Morgan fingerprint density at radius 3 is 2.56 bits per heavy atom. The number of nitrogens with one attached hydrogen (secondary N) is 1. The van der Waals surface area contributed by atoms with Crippen molar-refractivity contribution in [1.29, 1.82) is 0 Å². The lowest BCUT2D eigenvalue weighted by atomic mass is 10.0. The van der Waals surface area contributed by atoms with Gasteiger partial charge in [-0.3, -0.25) is 4.79 Å². The van der Waals surface area contributed by atoms with Crippen LogP contribution in [0.5, 0.6) is 0 Å². The Morgan fingerprint density at radius 2 is 2.00 bits per heavy atom. The molecule has 0 radical (unpaired) electrons. The third-order valence-electron chi connectivity index (χ3n) is 2.51. The lowest BCUT2D eigenvalue weighted by Gasteiger charge is -2.12. The van der Waals surface area contributed by atoms with Crippen molar-refractivity contribution in [2.24, 2.45) is 0 Å². The van der Waals surface area contributed by atoms with Crippen LogP contribution < -0.4 is 5.32 Å². The number of hydrogen-bond acceptors (Lipinski definition) is 1. The predicted octanol–water partition coefficient (Wildman–Crippen LogP) is 2.43. The smallest absolute Gasteiger partial charge is 0.296 e. The van der Waals surface area contributed by atoms with Crippen LogP contribution in [0.1, 0.15) is 25.8 Å². The van der Waals surface area contributed by atoms with Gasteiger partial charge < -0.3 is 5.32 Å². The fraction of sp³-hybridized carbons (Fsp3) is 0.357. The molecule has 0 fully saturated rings. The topological polar surface area (TPSA) is 29.1 Å². The monoisotopic (exact) mass is 251 g/mol. The van der Waals surface area contributed by atoms with Crippen molar-refractivity contribution in [2.75, 3.05) is 0 Å². The molecule has 0 spiro atoms. The number of hydrogen-bond donors (Lipinski definition) is 1. The van der Waals surface area contributed by atoms with Crippen molar-refractivity contribution in [2.45, 2.75) is 32.7 Å². The molecular formula is C14H15F2NO. The van der Waals surface area contributed by atoms with Crippen LogP contribution in [0.15, 0.2) is 18.2 Å². The van der Waals surface area contributed by atoms with Gasteiger partial charge in [-0.05, 0) is 44.7 Å². The summed E-state index contributed by atoms with van der Waals surface area (Å²) in [6.45, 7) is 3.34. The first-order valence-electron chi connectivity index (χ1n) is 5.70. The Labute approximate surface area is 105 Å². The van der Waals surface area contributed by atoms with E-state index in [0.717, 1.165) is 0 Å². The zero-order valence-corrected chi connectivity index (χ0v) is 10.4. The molecule has 0 saturated heterocycles. The van der Waals surface area contributed by atoms with Gasteiger partial charge in [0.1, 0.15) is 11.6 Å². The maximum absolute atomic E-state index is 13.3. The molecule has 1 unspecified atom stereocenters. The highest BCUT2D eigenvalue weighted by Gasteiger charge is 2.11. The third-order valence-corrected chi connectivity index (χ3v) is 2.51. The van der Waals surface area contributed by atoms with Gasteiger partial charge in [0.05, 0.1) is 0 Å². The van der Waals surface area contributed by atoms with E-state index < -0.39 is 11.6 Å². The lowest BCUT2D eigenvalue weighted by Crippen LogP contribution is -2.31. The normalized spacial score (nSPS) is 11.3. The van der Waals surface area contributed by atoms with Crippen molar-refractivity contribution in [3.63, 3.8) is 0 Å². The van der Waals surface area contributed by atoms with E-state index in [1.807, 2.05) is 0 Å². The van der Waals surface area contributed by atoms with E-state index >= 15 is 0 Å². The maximum atomic E-state index is 13.3. The summed E-state index contributed by atoms with van der Waals surface area (Å²) in [6.07, 6.45) is 0.689. The van der Waals surface area contributed by atoms with Gasteiger partial charge in [0.15, 0.2) is 0 Å². The summed E-state index contributed by atoms with van der Waals surface area (Å²) in [4.78, 5) is 11.2. The van der Waals surface area contributed by atoms with E-state index in [1.54, 1.807) is 13.8 Å². The summed E-state index contributed by atoms with van der Waals surface area (Å²) < 4.78 is 26.7. The van der Waals surface area contributed by atoms with Crippen molar-refractivity contribution < 1.29 is 13.6 Å². The van der Waals surface area contributed by atoms with Gasteiger partial charge in [-0.1, -0.05) is 12.0 Å². The lowest BCUT2D eigenvalue weighted by molar-refractivity contribution is -0.116. The molecule has 4 heteroatoms. The largest absolute Gasteiger partial charge is 0.343 e. The number of rotatable bonds is 4. The minimum atomic E-state index is -0.554. The molecule has 0 aliphatic carbocycles. The summed E-state index contributed by atoms with van der Waals surface area (Å²) in [5.41, 5.74) is 0.0557. The van der Waals surface area contributed by atoms with E-state index in [2.05, 4.69) is 17.2 Å². The van der Waals surface area contributed by atoms with E-state index in [-0.39, 0.29) is 23.9 Å². The first kappa shape index (κ1) is 14.2. The van der Waals surface area contributed by atoms with E-state index in [4.69, 9.17) is 0 Å². The van der Waals surface area contributed by atoms with Crippen molar-refractivity contribution in [1.82, 2.24) is 5.32 Å². The second kappa shape index (κ2) is 6.75. The molecule has 1 rings (SSSR count). The highest BCUT2D eigenvalue weighted by Crippen LogP contribution is 2.14. The first-order valence-corrected chi connectivity index (χ1v) is 5.70. The maximum Gasteiger partial charge on any atom is 0.296 e. The fourth-order valence-electron chi connectivity index (χ4n) is 1.58. The van der Waals surface area contributed by atoms with Gasteiger partial charge in [0.2, 0.25) is 0 Å². The molecule has 0 aromatic heterocycles. The molecule has 1 N–H and O–H groups in total. The predicted molar refractivity (Wildman–Crippen MR) is 65.7 cm³/mol. The Morgan fingerprint density at radius 1 is 1.39 bits per heavy atom. The van der Waals surface area contributed by atoms with Crippen molar-refractivity contribution in [3.05, 3.63) is 35.4 Å².